The molecule has 3 rings (SSSR count). The lowest BCUT2D eigenvalue weighted by Gasteiger charge is -2.34. The second-order valence-electron chi connectivity index (χ2n) is 7.43. The van der Waals surface area contributed by atoms with Crippen molar-refractivity contribution in [3.8, 4) is 5.75 Å². The molecule has 1 amide bonds. The Morgan fingerprint density at radius 2 is 2.07 bits per heavy atom. The highest BCUT2D eigenvalue weighted by molar-refractivity contribution is 6.68. The monoisotopic (exact) mass is 430 g/mol. The molecule has 1 saturated heterocycles. The summed E-state index contributed by atoms with van der Waals surface area (Å²) in [4.78, 5) is 14.1. The van der Waals surface area contributed by atoms with Crippen molar-refractivity contribution in [3.63, 3.8) is 0 Å². The lowest BCUT2D eigenvalue weighted by molar-refractivity contribution is 0.0963. The predicted octanol–water partition coefficient (Wildman–Crippen LogP) is 1.23. The number of carbonyl (C=O) groups excluding carboxylic acids is 1. The number of ether oxygens (including phenoxy) is 1. The van der Waals surface area contributed by atoms with Gasteiger partial charge in [0.2, 0.25) is 0 Å². The van der Waals surface area contributed by atoms with Crippen molar-refractivity contribution in [3.05, 3.63) is 59.4 Å². The smallest absolute Gasteiger partial charge is 0.331 e. The first-order chi connectivity index (χ1) is 14.5. The predicted molar refractivity (Wildman–Crippen MR) is 117 cm³/mol. The average molecular weight is 431 g/mol. The SMILES string of the molecule is CNC(=O)c1ccc(O[Si](CN2CCN[C@@H](COC)C2)c2ccc(C)c(F)c2)cc1. The van der Waals surface area contributed by atoms with Crippen LogP contribution in [-0.2, 0) is 4.74 Å². The molecule has 1 aliphatic heterocycles. The minimum atomic E-state index is -1.57. The van der Waals surface area contributed by atoms with E-state index in [1.165, 1.54) is 0 Å². The Bertz CT molecular complexity index is 848. The second kappa shape index (κ2) is 10.7. The van der Waals surface area contributed by atoms with Crippen molar-refractivity contribution in [1.82, 2.24) is 15.5 Å². The minimum absolute atomic E-state index is 0.141. The van der Waals surface area contributed by atoms with E-state index in [-0.39, 0.29) is 17.8 Å². The third kappa shape index (κ3) is 5.88. The molecule has 161 valence electrons. The number of rotatable bonds is 8. The van der Waals surface area contributed by atoms with Crippen molar-refractivity contribution in [2.45, 2.75) is 13.0 Å². The molecule has 6 nitrogen and oxygen atoms in total. The first-order valence-electron chi connectivity index (χ1n) is 10.1. The number of piperazine rings is 1. The summed E-state index contributed by atoms with van der Waals surface area (Å²) in [6.45, 7) is 5.05. The van der Waals surface area contributed by atoms with Gasteiger partial charge in [-0.05, 0) is 48.0 Å². The zero-order valence-electron chi connectivity index (χ0n) is 17.7. The van der Waals surface area contributed by atoms with Crippen molar-refractivity contribution < 1.29 is 18.3 Å². The molecule has 1 radical (unpaired) electrons. The fourth-order valence-electron chi connectivity index (χ4n) is 3.46. The summed E-state index contributed by atoms with van der Waals surface area (Å²) in [6, 6.07) is 12.7. The van der Waals surface area contributed by atoms with E-state index in [4.69, 9.17) is 9.16 Å². The van der Waals surface area contributed by atoms with Gasteiger partial charge >= 0.3 is 9.04 Å². The molecule has 0 saturated carbocycles. The number of halogens is 1. The number of methoxy groups -OCH3 is 1. The number of carbonyl (C=O) groups is 1. The van der Waals surface area contributed by atoms with Crippen LogP contribution in [-0.4, -0.2) is 72.5 Å². The van der Waals surface area contributed by atoms with Crippen LogP contribution in [0.4, 0.5) is 4.39 Å². The standard InChI is InChI=1S/C22H29FN3O3Si/c1-16-4-9-20(12-21(16)23)30(15-26-11-10-25-18(13-26)14-28-3)29-19-7-5-17(6-8-19)22(27)24-2/h4-9,12,18,25H,10-11,13-15H2,1-3H3,(H,24,27)/t18-/m1/s1. The van der Waals surface area contributed by atoms with E-state index in [9.17, 15) is 9.18 Å². The highest BCUT2D eigenvalue weighted by Crippen LogP contribution is 2.15. The molecule has 0 aliphatic carbocycles. The van der Waals surface area contributed by atoms with Crippen molar-refractivity contribution in [2.75, 3.05) is 46.6 Å². The molecule has 0 unspecified atom stereocenters. The van der Waals surface area contributed by atoms with Crippen LogP contribution >= 0.6 is 0 Å². The zero-order chi connectivity index (χ0) is 21.5. The zero-order valence-corrected chi connectivity index (χ0v) is 18.7. The molecule has 0 bridgehead atoms. The van der Waals surface area contributed by atoms with Crippen LogP contribution in [0, 0.1) is 12.7 Å². The highest BCUT2D eigenvalue weighted by Gasteiger charge is 2.27. The molecule has 8 heteroatoms. The van der Waals surface area contributed by atoms with Crippen LogP contribution in [0.2, 0.25) is 0 Å². The molecular formula is C22H29FN3O3Si. The van der Waals surface area contributed by atoms with Crippen molar-refractivity contribution in [1.29, 1.82) is 0 Å². The number of aryl methyl sites for hydroxylation is 1. The Labute approximate surface area is 179 Å². The fourth-order valence-corrected chi connectivity index (χ4v) is 5.50. The second-order valence-corrected chi connectivity index (χ2v) is 9.38. The van der Waals surface area contributed by atoms with Crippen LogP contribution in [0.5, 0.6) is 5.75 Å². The molecule has 0 spiro atoms. The summed E-state index contributed by atoms with van der Waals surface area (Å²) in [6.07, 6.45) is 0.728. The Kier molecular flexibility index (Phi) is 7.98. The number of nitrogens with zero attached hydrogens (tertiary/aromatic N) is 1. The molecule has 1 fully saturated rings. The number of hydrogen-bond acceptors (Lipinski definition) is 5. The van der Waals surface area contributed by atoms with Gasteiger partial charge in [0, 0.05) is 51.6 Å². The molecule has 1 atom stereocenters. The van der Waals surface area contributed by atoms with Crippen LogP contribution in [0.3, 0.4) is 0 Å². The average Bonchev–Trinajstić information content (AvgIpc) is 2.76. The lowest BCUT2D eigenvalue weighted by atomic mass is 10.2. The Balaban J connectivity index is 1.78. The topological polar surface area (TPSA) is 62.8 Å². The van der Waals surface area contributed by atoms with Gasteiger partial charge in [0.05, 0.1) is 6.61 Å². The fraction of sp³-hybridized carbons (Fsp3) is 0.409. The quantitative estimate of drug-likeness (QED) is 0.617. The minimum Gasteiger partial charge on any atom is -0.536 e. The van der Waals surface area contributed by atoms with E-state index in [1.807, 2.05) is 6.07 Å². The van der Waals surface area contributed by atoms with E-state index >= 15 is 0 Å². The molecule has 30 heavy (non-hydrogen) atoms. The van der Waals surface area contributed by atoms with E-state index in [0.29, 0.717) is 23.5 Å². The first-order valence-corrected chi connectivity index (χ1v) is 11.7. The Hall–Kier alpha value is -2.26. The molecule has 2 aromatic carbocycles. The maximum atomic E-state index is 14.3. The summed E-state index contributed by atoms with van der Waals surface area (Å²) >= 11 is 0. The van der Waals surface area contributed by atoms with Gasteiger partial charge in [-0.25, -0.2) is 4.39 Å². The summed E-state index contributed by atoms with van der Waals surface area (Å²) in [5.74, 6) is 0.324. The van der Waals surface area contributed by atoms with Crippen molar-refractivity contribution in [2.24, 2.45) is 0 Å². The van der Waals surface area contributed by atoms with Gasteiger partial charge in [0.1, 0.15) is 11.6 Å². The molecule has 0 aromatic heterocycles. The maximum absolute atomic E-state index is 14.3. The van der Waals surface area contributed by atoms with E-state index in [1.54, 1.807) is 57.5 Å². The molecular weight excluding hydrogens is 401 g/mol. The lowest BCUT2D eigenvalue weighted by Crippen LogP contribution is -2.57. The molecule has 2 aromatic rings. The van der Waals surface area contributed by atoms with Gasteiger partial charge in [0.25, 0.3) is 5.91 Å². The Morgan fingerprint density at radius 3 is 2.73 bits per heavy atom. The first kappa shape index (κ1) is 22.4. The molecule has 1 aliphatic rings. The molecule has 2 N–H and O–H groups in total. The summed E-state index contributed by atoms with van der Waals surface area (Å²) < 4.78 is 25.9. The van der Waals surface area contributed by atoms with Gasteiger partial charge in [-0.3, -0.25) is 9.69 Å². The third-order valence-corrected chi connectivity index (χ3v) is 7.32. The number of benzene rings is 2. The molecule has 1 heterocycles. The van der Waals surface area contributed by atoms with Crippen LogP contribution < -0.4 is 20.2 Å². The van der Waals surface area contributed by atoms with E-state index in [2.05, 4.69) is 15.5 Å². The maximum Gasteiger partial charge on any atom is 0.331 e. The van der Waals surface area contributed by atoms with E-state index < -0.39 is 9.04 Å². The van der Waals surface area contributed by atoms with Gasteiger partial charge in [0.15, 0.2) is 0 Å². The third-order valence-electron chi connectivity index (χ3n) is 5.15. The van der Waals surface area contributed by atoms with Gasteiger partial charge < -0.3 is 19.8 Å². The normalized spacial score (nSPS) is 17.2. The van der Waals surface area contributed by atoms with Crippen molar-refractivity contribution >= 4 is 20.1 Å². The summed E-state index contributed by atoms with van der Waals surface area (Å²) in [5, 5.41) is 6.96. The van der Waals surface area contributed by atoms with Crippen LogP contribution in [0.25, 0.3) is 0 Å². The van der Waals surface area contributed by atoms with Crippen LogP contribution in [0.1, 0.15) is 15.9 Å². The largest absolute Gasteiger partial charge is 0.536 e. The van der Waals surface area contributed by atoms with E-state index in [0.717, 1.165) is 31.0 Å². The number of hydrogen-bond donors (Lipinski definition) is 2. The summed E-state index contributed by atoms with van der Waals surface area (Å²) in [5.41, 5.74) is 1.20. The Morgan fingerprint density at radius 1 is 1.30 bits per heavy atom. The van der Waals surface area contributed by atoms with Gasteiger partial charge in [-0.1, -0.05) is 12.1 Å². The van der Waals surface area contributed by atoms with Gasteiger partial charge in [-0.2, -0.15) is 0 Å². The van der Waals surface area contributed by atoms with Crippen LogP contribution in [0.15, 0.2) is 42.5 Å². The highest BCUT2D eigenvalue weighted by atomic mass is 28.3. The summed E-state index contributed by atoms with van der Waals surface area (Å²) in [7, 11) is 1.74. The number of amides is 1. The van der Waals surface area contributed by atoms with Gasteiger partial charge in [-0.15, -0.1) is 0 Å². The number of nitrogens with one attached hydrogen (secondary N) is 2.